The first kappa shape index (κ1) is 12.7. The maximum Gasteiger partial charge on any atom is 0.339 e. The summed E-state index contributed by atoms with van der Waals surface area (Å²) in [4.78, 5) is 11.3. The van der Waals surface area contributed by atoms with Crippen molar-refractivity contribution in [2.24, 2.45) is 0 Å². The highest BCUT2D eigenvalue weighted by Gasteiger charge is 2.31. The van der Waals surface area contributed by atoms with Crippen molar-refractivity contribution < 1.29 is 19.7 Å². The zero-order valence-electron chi connectivity index (χ0n) is 10.7. The summed E-state index contributed by atoms with van der Waals surface area (Å²) < 4.78 is 5.84. The van der Waals surface area contributed by atoms with Gasteiger partial charge in [-0.3, -0.25) is 0 Å². The first-order valence-corrected chi connectivity index (χ1v) is 6.42. The van der Waals surface area contributed by atoms with E-state index in [1.54, 1.807) is 12.1 Å². The minimum absolute atomic E-state index is 0.0854. The molecule has 0 fully saturated rings. The Morgan fingerprint density at radius 1 is 1.10 bits per heavy atom. The molecule has 0 saturated carbocycles. The van der Waals surface area contributed by atoms with Gasteiger partial charge >= 0.3 is 5.97 Å². The van der Waals surface area contributed by atoms with E-state index in [0.29, 0.717) is 12.0 Å². The SMILES string of the molecule is O=C(O)c1cccc2c1OC(c1ccccc1)CC2O. The largest absolute Gasteiger partial charge is 0.484 e. The van der Waals surface area contributed by atoms with Gasteiger partial charge in [0.1, 0.15) is 17.4 Å². The van der Waals surface area contributed by atoms with Crippen molar-refractivity contribution in [3.8, 4) is 5.75 Å². The van der Waals surface area contributed by atoms with Crippen molar-refractivity contribution in [3.05, 3.63) is 65.2 Å². The zero-order valence-corrected chi connectivity index (χ0v) is 10.7. The van der Waals surface area contributed by atoms with E-state index >= 15 is 0 Å². The third kappa shape index (κ3) is 2.14. The number of hydrogen-bond donors (Lipinski definition) is 2. The van der Waals surface area contributed by atoms with E-state index < -0.39 is 12.1 Å². The Balaban J connectivity index is 2.03. The molecule has 2 unspecified atom stereocenters. The topological polar surface area (TPSA) is 66.8 Å². The van der Waals surface area contributed by atoms with Crippen LogP contribution in [0.1, 0.15) is 40.1 Å². The average Bonchev–Trinajstić information content (AvgIpc) is 2.47. The number of benzene rings is 2. The van der Waals surface area contributed by atoms with Crippen LogP contribution >= 0.6 is 0 Å². The van der Waals surface area contributed by atoms with Crippen LogP contribution in [0, 0.1) is 0 Å². The van der Waals surface area contributed by atoms with Crippen molar-refractivity contribution in [2.45, 2.75) is 18.6 Å². The van der Waals surface area contributed by atoms with E-state index in [2.05, 4.69) is 0 Å². The summed E-state index contributed by atoms with van der Waals surface area (Å²) in [5, 5.41) is 19.4. The van der Waals surface area contributed by atoms with Gasteiger partial charge in [0, 0.05) is 12.0 Å². The Morgan fingerprint density at radius 3 is 2.55 bits per heavy atom. The van der Waals surface area contributed by atoms with Gasteiger partial charge in [0.15, 0.2) is 0 Å². The van der Waals surface area contributed by atoms with Gasteiger partial charge in [0.2, 0.25) is 0 Å². The van der Waals surface area contributed by atoms with Crippen LogP contribution < -0.4 is 4.74 Å². The minimum Gasteiger partial charge on any atom is -0.484 e. The highest BCUT2D eigenvalue weighted by atomic mass is 16.5. The lowest BCUT2D eigenvalue weighted by molar-refractivity contribution is 0.0590. The third-order valence-electron chi connectivity index (χ3n) is 3.50. The van der Waals surface area contributed by atoms with Crippen LogP contribution in [-0.4, -0.2) is 16.2 Å². The van der Waals surface area contributed by atoms with Crippen molar-refractivity contribution >= 4 is 5.97 Å². The molecule has 1 aliphatic heterocycles. The molecular formula is C16H14O4. The summed E-state index contributed by atoms with van der Waals surface area (Å²) in [7, 11) is 0. The van der Waals surface area contributed by atoms with Gasteiger partial charge in [-0.05, 0) is 11.6 Å². The maximum atomic E-state index is 11.3. The molecule has 102 valence electrons. The second-order valence-electron chi connectivity index (χ2n) is 4.80. The van der Waals surface area contributed by atoms with Crippen LogP contribution in [0.15, 0.2) is 48.5 Å². The molecule has 20 heavy (non-hydrogen) atoms. The van der Waals surface area contributed by atoms with E-state index in [-0.39, 0.29) is 17.4 Å². The molecule has 1 aliphatic rings. The van der Waals surface area contributed by atoms with Gasteiger partial charge in [-0.25, -0.2) is 4.79 Å². The number of aliphatic hydroxyl groups is 1. The van der Waals surface area contributed by atoms with E-state index in [0.717, 1.165) is 5.56 Å². The number of rotatable bonds is 2. The molecule has 0 aromatic heterocycles. The molecule has 2 aromatic rings. The Kier molecular flexibility index (Phi) is 3.16. The predicted octanol–water partition coefficient (Wildman–Crippen LogP) is 2.94. The first-order chi connectivity index (χ1) is 9.66. The number of para-hydroxylation sites is 1. The Hall–Kier alpha value is -2.33. The second kappa shape index (κ2) is 4.98. The van der Waals surface area contributed by atoms with Gasteiger partial charge < -0.3 is 14.9 Å². The van der Waals surface area contributed by atoms with Crippen molar-refractivity contribution in [2.75, 3.05) is 0 Å². The molecule has 3 rings (SSSR count). The zero-order chi connectivity index (χ0) is 14.1. The minimum atomic E-state index is -1.05. The van der Waals surface area contributed by atoms with Gasteiger partial charge in [-0.2, -0.15) is 0 Å². The summed E-state index contributed by atoms with van der Waals surface area (Å²) in [6, 6.07) is 14.3. The number of ether oxygens (including phenoxy) is 1. The molecule has 4 heteroatoms. The summed E-state index contributed by atoms with van der Waals surface area (Å²) in [6.07, 6.45) is -0.637. The van der Waals surface area contributed by atoms with Gasteiger partial charge in [0.05, 0.1) is 6.10 Å². The average molecular weight is 270 g/mol. The number of aliphatic hydroxyl groups excluding tert-OH is 1. The van der Waals surface area contributed by atoms with Crippen LogP contribution in [0.2, 0.25) is 0 Å². The lowest BCUT2D eigenvalue weighted by Crippen LogP contribution is -2.21. The molecule has 4 nitrogen and oxygen atoms in total. The Bertz CT molecular complexity index is 636. The summed E-state index contributed by atoms with van der Waals surface area (Å²) in [5.41, 5.74) is 1.55. The van der Waals surface area contributed by atoms with Gasteiger partial charge in [-0.1, -0.05) is 42.5 Å². The maximum absolute atomic E-state index is 11.3. The molecule has 0 radical (unpaired) electrons. The number of carboxylic acids is 1. The Morgan fingerprint density at radius 2 is 1.85 bits per heavy atom. The van der Waals surface area contributed by atoms with Crippen molar-refractivity contribution in [3.63, 3.8) is 0 Å². The molecule has 0 saturated heterocycles. The van der Waals surface area contributed by atoms with Crippen LogP contribution in [0.3, 0.4) is 0 Å². The third-order valence-corrected chi connectivity index (χ3v) is 3.50. The molecule has 0 spiro atoms. The van der Waals surface area contributed by atoms with Gasteiger partial charge in [-0.15, -0.1) is 0 Å². The normalized spacial score (nSPS) is 20.9. The smallest absolute Gasteiger partial charge is 0.339 e. The number of carbonyl (C=O) groups is 1. The molecule has 0 amide bonds. The monoisotopic (exact) mass is 270 g/mol. The van der Waals surface area contributed by atoms with Crippen LogP contribution in [-0.2, 0) is 0 Å². The standard InChI is InChI=1S/C16H14O4/c17-13-9-14(10-5-2-1-3-6-10)20-15-11(13)7-4-8-12(15)16(18)19/h1-8,13-14,17H,9H2,(H,18,19). The summed E-state index contributed by atoms with van der Waals surface area (Å²) in [5.74, 6) is -0.782. The van der Waals surface area contributed by atoms with Crippen molar-refractivity contribution in [1.29, 1.82) is 0 Å². The first-order valence-electron chi connectivity index (χ1n) is 6.42. The van der Waals surface area contributed by atoms with Gasteiger partial charge in [0.25, 0.3) is 0 Å². The number of carboxylic acid groups (broad SMARTS) is 1. The highest BCUT2D eigenvalue weighted by molar-refractivity contribution is 5.91. The molecular weight excluding hydrogens is 256 g/mol. The number of aromatic carboxylic acids is 1. The summed E-state index contributed by atoms with van der Waals surface area (Å²) in [6.45, 7) is 0. The van der Waals surface area contributed by atoms with Crippen LogP contribution in [0.4, 0.5) is 0 Å². The van der Waals surface area contributed by atoms with E-state index in [4.69, 9.17) is 4.74 Å². The fourth-order valence-corrected chi connectivity index (χ4v) is 2.51. The molecule has 1 heterocycles. The molecule has 2 atom stereocenters. The van der Waals surface area contributed by atoms with E-state index in [9.17, 15) is 15.0 Å². The highest BCUT2D eigenvalue weighted by Crippen LogP contribution is 2.42. The van der Waals surface area contributed by atoms with Crippen molar-refractivity contribution in [1.82, 2.24) is 0 Å². The fourth-order valence-electron chi connectivity index (χ4n) is 2.51. The summed E-state index contributed by atoms with van der Waals surface area (Å²) >= 11 is 0. The lowest BCUT2D eigenvalue weighted by atomic mass is 9.93. The fraction of sp³-hybridized carbons (Fsp3) is 0.188. The second-order valence-corrected chi connectivity index (χ2v) is 4.80. The molecule has 2 N–H and O–H groups in total. The predicted molar refractivity (Wildman–Crippen MR) is 72.8 cm³/mol. The molecule has 0 aliphatic carbocycles. The molecule has 0 bridgehead atoms. The van der Waals surface area contributed by atoms with Crippen LogP contribution in [0.5, 0.6) is 5.75 Å². The number of fused-ring (bicyclic) bond motifs is 1. The molecule has 2 aromatic carbocycles. The van der Waals surface area contributed by atoms with E-state index in [1.807, 2.05) is 30.3 Å². The van der Waals surface area contributed by atoms with Crippen LogP contribution in [0.25, 0.3) is 0 Å². The Labute approximate surface area is 116 Å². The quantitative estimate of drug-likeness (QED) is 0.880. The number of hydrogen-bond acceptors (Lipinski definition) is 3. The lowest BCUT2D eigenvalue weighted by Gasteiger charge is -2.30. The van der Waals surface area contributed by atoms with E-state index in [1.165, 1.54) is 6.07 Å².